The molecule has 0 unspecified atom stereocenters. The summed E-state index contributed by atoms with van der Waals surface area (Å²) in [5.74, 6) is 1.30. The van der Waals surface area contributed by atoms with Crippen LogP contribution in [0.3, 0.4) is 0 Å². The maximum Gasteiger partial charge on any atom is 0.255 e. The summed E-state index contributed by atoms with van der Waals surface area (Å²) >= 11 is 5.96. The zero-order chi connectivity index (χ0) is 19.9. The van der Waals surface area contributed by atoms with Gasteiger partial charge in [-0.2, -0.15) is 0 Å². The molecule has 0 saturated heterocycles. The van der Waals surface area contributed by atoms with Gasteiger partial charge in [-0.1, -0.05) is 23.7 Å². The Balaban J connectivity index is 1.60. The van der Waals surface area contributed by atoms with E-state index in [9.17, 15) is 4.79 Å². The topological polar surface area (TPSA) is 63.2 Å². The second kappa shape index (κ2) is 9.24. The van der Waals surface area contributed by atoms with Gasteiger partial charge in [-0.05, 0) is 66.9 Å². The third-order valence-corrected chi connectivity index (χ3v) is 4.55. The van der Waals surface area contributed by atoms with Crippen LogP contribution in [0.2, 0.25) is 5.02 Å². The van der Waals surface area contributed by atoms with Gasteiger partial charge in [0.25, 0.3) is 5.91 Å². The number of amides is 1. The Morgan fingerprint density at radius 1 is 1.14 bits per heavy atom. The van der Waals surface area contributed by atoms with E-state index in [-0.39, 0.29) is 5.91 Å². The maximum atomic E-state index is 12.6. The minimum absolute atomic E-state index is 0.191. The van der Waals surface area contributed by atoms with E-state index in [0.717, 1.165) is 23.4 Å². The number of anilines is 2. The number of carbonyl (C=O) groups excluding carboxylic acids is 1. The predicted molar refractivity (Wildman–Crippen MR) is 114 cm³/mol. The Morgan fingerprint density at radius 3 is 2.79 bits per heavy atom. The average molecular weight is 396 g/mol. The van der Waals surface area contributed by atoms with Crippen molar-refractivity contribution in [3.63, 3.8) is 0 Å². The molecule has 0 radical (unpaired) electrons. The second-order valence-electron chi connectivity index (χ2n) is 6.37. The van der Waals surface area contributed by atoms with Crippen molar-refractivity contribution < 1.29 is 9.53 Å². The summed E-state index contributed by atoms with van der Waals surface area (Å²) in [5.41, 5.74) is 3.34. The van der Waals surface area contributed by atoms with Crippen LogP contribution < -0.4 is 15.4 Å². The summed E-state index contributed by atoms with van der Waals surface area (Å²) in [5, 5.41) is 6.81. The lowest BCUT2D eigenvalue weighted by molar-refractivity contribution is 0.102. The zero-order valence-electron chi connectivity index (χ0n) is 15.8. The summed E-state index contributed by atoms with van der Waals surface area (Å²) in [6.45, 7) is 2.60. The predicted octanol–water partition coefficient (Wildman–Crippen LogP) is 4.96. The lowest BCUT2D eigenvalue weighted by atomic mass is 10.1. The smallest absolute Gasteiger partial charge is 0.255 e. The molecule has 0 aliphatic rings. The summed E-state index contributed by atoms with van der Waals surface area (Å²) in [6, 6.07) is 16.7. The molecule has 1 aromatic heterocycles. The largest absolute Gasteiger partial charge is 0.497 e. The van der Waals surface area contributed by atoms with E-state index in [2.05, 4.69) is 21.7 Å². The Kier molecular flexibility index (Phi) is 6.50. The number of pyridine rings is 1. The molecular formula is C22H22ClN3O2. The average Bonchev–Trinajstić information content (AvgIpc) is 2.70. The lowest BCUT2D eigenvalue weighted by Crippen LogP contribution is -2.14. The minimum Gasteiger partial charge on any atom is -0.497 e. The van der Waals surface area contributed by atoms with Crippen LogP contribution in [-0.4, -0.2) is 24.5 Å². The van der Waals surface area contributed by atoms with Gasteiger partial charge in [-0.25, -0.2) is 4.98 Å². The SMILES string of the molecule is COc1cccc(CCNc2cc(C(=O)Nc3ccc(Cl)cc3C)ccn2)c1. The normalized spacial score (nSPS) is 10.4. The van der Waals surface area contributed by atoms with E-state index in [1.165, 1.54) is 5.56 Å². The zero-order valence-corrected chi connectivity index (χ0v) is 16.6. The maximum absolute atomic E-state index is 12.6. The van der Waals surface area contributed by atoms with Crippen LogP contribution in [0.25, 0.3) is 0 Å². The van der Waals surface area contributed by atoms with Crippen LogP contribution in [0.15, 0.2) is 60.8 Å². The number of hydrogen-bond donors (Lipinski definition) is 2. The Morgan fingerprint density at radius 2 is 2.00 bits per heavy atom. The second-order valence-corrected chi connectivity index (χ2v) is 6.81. The van der Waals surface area contributed by atoms with Gasteiger partial charge in [0, 0.05) is 29.0 Å². The summed E-state index contributed by atoms with van der Waals surface area (Å²) in [7, 11) is 1.66. The van der Waals surface area contributed by atoms with E-state index in [0.29, 0.717) is 22.9 Å². The highest BCUT2D eigenvalue weighted by Crippen LogP contribution is 2.20. The van der Waals surface area contributed by atoms with E-state index in [1.54, 1.807) is 37.6 Å². The number of halogens is 1. The van der Waals surface area contributed by atoms with E-state index >= 15 is 0 Å². The molecule has 1 heterocycles. The molecule has 3 aromatic rings. The number of aromatic nitrogens is 1. The first-order valence-corrected chi connectivity index (χ1v) is 9.33. The van der Waals surface area contributed by atoms with E-state index in [4.69, 9.17) is 16.3 Å². The quantitative estimate of drug-likeness (QED) is 0.593. The fourth-order valence-corrected chi connectivity index (χ4v) is 3.02. The molecule has 28 heavy (non-hydrogen) atoms. The fraction of sp³-hybridized carbons (Fsp3) is 0.182. The number of aryl methyl sites for hydroxylation is 1. The van der Waals surface area contributed by atoms with Crippen molar-refractivity contribution in [1.29, 1.82) is 0 Å². The number of ether oxygens (including phenoxy) is 1. The standard InChI is InChI=1S/C22H22ClN3O2/c1-15-12-18(23)6-7-20(15)26-22(27)17-9-11-25-21(14-17)24-10-8-16-4-3-5-19(13-16)28-2/h3-7,9,11-14H,8,10H2,1-2H3,(H,24,25)(H,26,27). The van der Waals surface area contributed by atoms with Crippen molar-refractivity contribution in [2.75, 3.05) is 24.3 Å². The molecule has 2 N–H and O–H groups in total. The molecule has 0 saturated carbocycles. The number of carbonyl (C=O) groups is 1. The van der Waals surface area contributed by atoms with Crippen LogP contribution in [0.5, 0.6) is 5.75 Å². The molecule has 2 aromatic carbocycles. The van der Waals surface area contributed by atoms with Gasteiger partial charge in [-0.15, -0.1) is 0 Å². The van der Waals surface area contributed by atoms with Gasteiger partial charge in [0.15, 0.2) is 0 Å². The number of hydrogen-bond acceptors (Lipinski definition) is 4. The highest BCUT2D eigenvalue weighted by Gasteiger charge is 2.09. The van der Waals surface area contributed by atoms with Gasteiger partial charge >= 0.3 is 0 Å². The monoisotopic (exact) mass is 395 g/mol. The molecule has 144 valence electrons. The molecule has 0 bridgehead atoms. The van der Waals surface area contributed by atoms with E-state index in [1.807, 2.05) is 31.2 Å². The van der Waals surface area contributed by atoms with Crippen molar-refractivity contribution in [3.05, 3.63) is 82.5 Å². The van der Waals surface area contributed by atoms with Crippen molar-refractivity contribution >= 4 is 29.0 Å². The van der Waals surface area contributed by atoms with Crippen LogP contribution in [0.4, 0.5) is 11.5 Å². The Bertz CT molecular complexity index is 976. The first kappa shape index (κ1) is 19.7. The van der Waals surface area contributed by atoms with Crippen LogP contribution in [0, 0.1) is 6.92 Å². The van der Waals surface area contributed by atoms with Crippen LogP contribution in [0.1, 0.15) is 21.5 Å². The number of rotatable bonds is 7. The molecule has 0 aliphatic carbocycles. The van der Waals surface area contributed by atoms with Gasteiger partial charge in [0.2, 0.25) is 0 Å². The first-order valence-electron chi connectivity index (χ1n) is 8.95. The highest BCUT2D eigenvalue weighted by molar-refractivity contribution is 6.30. The number of methoxy groups -OCH3 is 1. The number of nitrogens with one attached hydrogen (secondary N) is 2. The molecular weight excluding hydrogens is 374 g/mol. The van der Waals surface area contributed by atoms with Crippen LogP contribution in [-0.2, 0) is 6.42 Å². The fourth-order valence-electron chi connectivity index (χ4n) is 2.79. The number of benzene rings is 2. The Labute approximate surface area is 169 Å². The van der Waals surface area contributed by atoms with Gasteiger partial charge in [0.05, 0.1) is 7.11 Å². The lowest BCUT2D eigenvalue weighted by Gasteiger charge is -2.10. The minimum atomic E-state index is -0.191. The molecule has 0 atom stereocenters. The first-order chi connectivity index (χ1) is 13.5. The molecule has 0 aliphatic heterocycles. The molecule has 5 nitrogen and oxygen atoms in total. The van der Waals surface area contributed by atoms with Crippen molar-refractivity contribution in [2.24, 2.45) is 0 Å². The highest BCUT2D eigenvalue weighted by atomic mass is 35.5. The van der Waals surface area contributed by atoms with Gasteiger partial charge in [0.1, 0.15) is 11.6 Å². The van der Waals surface area contributed by atoms with Crippen molar-refractivity contribution in [1.82, 2.24) is 4.98 Å². The molecule has 6 heteroatoms. The third-order valence-electron chi connectivity index (χ3n) is 4.31. The van der Waals surface area contributed by atoms with Gasteiger partial charge < -0.3 is 15.4 Å². The van der Waals surface area contributed by atoms with Crippen molar-refractivity contribution in [2.45, 2.75) is 13.3 Å². The molecule has 0 spiro atoms. The molecule has 3 rings (SSSR count). The Hall–Kier alpha value is -3.05. The van der Waals surface area contributed by atoms with Crippen molar-refractivity contribution in [3.8, 4) is 5.75 Å². The number of nitrogens with zero attached hydrogens (tertiary/aromatic N) is 1. The summed E-state index contributed by atoms with van der Waals surface area (Å²) in [6.07, 6.45) is 2.44. The third kappa shape index (κ3) is 5.24. The molecule has 0 fully saturated rings. The van der Waals surface area contributed by atoms with Gasteiger partial charge in [-0.3, -0.25) is 4.79 Å². The summed E-state index contributed by atoms with van der Waals surface area (Å²) in [4.78, 5) is 16.8. The van der Waals surface area contributed by atoms with E-state index < -0.39 is 0 Å². The molecule has 1 amide bonds. The van der Waals surface area contributed by atoms with Crippen LogP contribution >= 0.6 is 11.6 Å². The summed E-state index contributed by atoms with van der Waals surface area (Å²) < 4.78 is 5.24.